The highest BCUT2D eigenvalue weighted by molar-refractivity contribution is 8.01. The molecule has 0 spiro atoms. The summed E-state index contributed by atoms with van der Waals surface area (Å²) in [6.07, 6.45) is 7.17. The van der Waals surface area contributed by atoms with Crippen molar-refractivity contribution < 1.29 is 4.79 Å². The number of nitrogens with one attached hydrogen (secondary N) is 1. The number of fused-ring (bicyclic) bond motifs is 1. The lowest BCUT2D eigenvalue weighted by Crippen LogP contribution is -2.26. The summed E-state index contributed by atoms with van der Waals surface area (Å²) in [5.41, 5.74) is 3.23. The Morgan fingerprint density at radius 1 is 1.35 bits per heavy atom. The first kappa shape index (κ1) is 16.8. The molecule has 1 aliphatic rings. The second-order valence-corrected chi connectivity index (χ2v) is 9.41. The SMILES string of the molecule is CCCCCSc1sc(-c2cc[nH]n2)c2c1C(=O)CC(C)(C)C2. The summed E-state index contributed by atoms with van der Waals surface area (Å²) in [4.78, 5) is 13.9. The molecule has 0 amide bonds. The molecule has 0 saturated carbocycles. The van der Waals surface area contributed by atoms with Crippen LogP contribution in [-0.4, -0.2) is 21.7 Å². The maximum absolute atomic E-state index is 12.8. The molecular formula is C18H24N2OS2. The topological polar surface area (TPSA) is 45.8 Å². The van der Waals surface area contributed by atoms with Crippen molar-refractivity contribution in [2.45, 2.75) is 57.1 Å². The minimum absolute atomic E-state index is 0.0420. The normalized spacial score (nSPS) is 16.6. The maximum Gasteiger partial charge on any atom is 0.165 e. The van der Waals surface area contributed by atoms with E-state index in [0.29, 0.717) is 12.2 Å². The molecule has 0 radical (unpaired) electrons. The Hall–Kier alpha value is -1.07. The van der Waals surface area contributed by atoms with E-state index in [4.69, 9.17) is 0 Å². The minimum Gasteiger partial charge on any atom is -0.294 e. The Kier molecular flexibility index (Phi) is 4.97. The van der Waals surface area contributed by atoms with Crippen LogP contribution in [0.1, 0.15) is 62.4 Å². The molecular weight excluding hydrogens is 324 g/mol. The van der Waals surface area contributed by atoms with Crippen LogP contribution in [0, 0.1) is 5.41 Å². The fourth-order valence-corrected chi connectivity index (χ4v) is 5.86. The Bertz CT molecular complexity index is 686. The van der Waals surface area contributed by atoms with Crippen LogP contribution < -0.4 is 0 Å². The van der Waals surface area contributed by atoms with E-state index in [1.54, 1.807) is 11.3 Å². The zero-order chi connectivity index (χ0) is 16.4. The number of ketones is 1. The number of nitrogens with zero attached hydrogens (tertiary/aromatic N) is 1. The standard InChI is InChI=1S/C18H24N2OS2/c1-4-5-6-9-22-17-15-12(10-18(2,3)11-14(15)21)16(23-17)13-7-8-19-20-13/h7-8H,4-6,9-11H2,1-3H3,(H,19,20). The summed E-state index contributed by atoms with van der Waals surface area (Å²) in [5.74, 6) is 1.41. The molecule has 0 atom stereocenters. The molecule has 5 heteroatoms. The molecule has 1 aliphatic carbocycles. The van der Waals surface area contributed by atoms with Gasteiger partial charge in [-0.2, -0.15) is 5.10 Å². The first-order valence-corrected chi connectivity index (χ1v) is 10.1. The van der Waals surface area contributed by atoms with Gasteiger partial charge in [-0.1, -0.05) is 33.6 Å². The quantitative estimate of drug-likeness (QED) is 0.548. The number of rotatable bonds is 6. The third-order valence-electron chi connectivity index (χ3n) is 4.26. The molecule has 124 valence electrons. The van der Waals surface area contributed by atoms with Crippen LogP contribution in [0.3, 0.4) is 0 Å². The van der Waals surface area contributed by atoms with E-state index in [1.165, 1.54) is 33.9 Å². The Labute approximate surface area is 146 Å². The van der Waals surface area contributed by atoms with E-state index in [-0.39, 0.29) is 5.41 Å². The number of aromatic amines is 1. The van der Waals surface area contributed by atoms with Gasteiger partial charge in [0, 0.05) is 18.2 Å². The number of carbonyl (C=O) groups is 1. The second-order valence-electron chi connectivity index (χ2n) is 7.03. The molecule has 23 heavy (non-hydrogen) atoms. The van der Waals surface area contributed by atoms with Gasteiger partial charge in [0.25, 0.3) is 0 Å². The van der Waals surface area contributed by atoms with E-state index in [9.17, 15) is 4.79 Å². The van der Waals surface area contributed by atoms with Crippen molar-refractivity contribution >= 4 is 28.9 Å². The van der Waals surface area contributed by atoms with Crippen LogP contribution in [0.15, 0.2) is 16.5 Å². The van der Waals surface area contributed by atoms with Crippen molar-refractivity contribution in [2.75, 3.05) is 5.75 Å². The van der Waals surface area contributed by atoms with Crippen LogP contribution in [0.2, 0.25) is 0 Å². The van der Waals surface area contributed by atoms with Gasteiger partial charge in [0.2, 0.25) is 0 Å². The maximum atomic E-state index is 12.8. The summed E-state index contributed by atoms with van der Waals surface area (Å²) in [7, 11) is 0. The monoisotopic (exact) mass is 348 g/mol. The van der Waals surface area contributed by atoms with Gasteiger partial charge >= 0.3 is 0 Å². The van der Waals surface area contributed by atoms with Crippen molar-refractivity contribution in [1.29, 1.82) is 0 Å². The molecule has 2 heterocycles. The minimum atomic E-state index is 0.0420. The van der Waals surface area contributed by atoms with Crippen LogP contribution in [0.25, 0.3) is 10.6 Å². The van der Waals surface area contributed by atoms with Gasteiger partial charge < -0.3 is 0 Å². The molecule has 1 N–H and O–H groups in total. The number of carbonyl (C=O) groups excluding carboxylic acids is 1. The Morgan fingerprint density at radius 3 is 2.87 bits per heavy atom. The number of thiophene rings is 1. The molecule has 0 unspecified atom stereocenters. The lowest BCUT2D eigenvalue weighted by molar-refractivity contribution is 0.0910. The van der Waals surface area contributed by atoms with E-state index >= 15 is 0 Å². The van der Waals surface area contributed by atoms with Gasteiger partial charge in [0.15, 0.2) is 5.78 Å². The highest BCUT2D eigenvalue weighted by Crippen LogP contribution is 2.48. The Balaban J connectivity index is 1.97. The average Bonchev–Trinajstić information content (AvgIpc) is 3.09. The zero-order valence-electron chi connectivity index (χ0n) is 14.1. The summed E-state index contributed by atoms with van der Waals surface area (Å²) in [5, 5.41) is 7.26. The van der Waals surface area contributed by atoms with E-state index in [2.05, 4.69) is 31.0 Å². The number of hydrogen-bond donors (Lipinski definition) is 1. The third kappa shape index (κ3) is 3.56. The Morgan fingerprint density at radius 2 is 2.17 bits per heavy atom. The molecule has 0 saturated heterocycles. The van der Waals surface area contributed by atoms with Crippen molar-refractivity contribution in [3.8, 4) is 10.6 Å². The molecule has 0 aliphatic heterocycles. The molecule has 2 aromatic rings. The molecule has 3 rings (SSSR count). The summed E-state index contributed by atoms with van der Waals surface area (Å²) >= 11 is 3.61. The predicted octanol–water partition coefficient (Wildman–Crippen LogP) is 5.58. The van der Waals surface area contributed by atoms with Crippen molar-refractivity contribution in [3.63, 3.8) is 0 Å². The largest absolute Gasteiger partial charge is 0.294 e. The molecule has 0 bridgehead atoms. The average molecular weight is 349 g/mol. The van der Waals surface area contributed by atoms with Crippen LogP contribution >= 0.6 is 23.1 Å². The van der Waals surface area contributed by atoms with Crippen LogP contribution in [0.4, 0.5) is 0 Å². The number of H-pyrrole nitrogens is 1. The van der Waals surface area contributed by atoms with E-state index in [1.807, 2.05) is 24.0 Å². The number of unbranched alkanes of at least 4 members (excludes halogenated alkanes) is 2. The smallest absolute Gasteiger partial charge is 0.165 e. The van der Waals surface area contributed by atoms with Gasteiger partial charge in [-0.25, -0.2) is 0 Å². The number of thioether (sulfide) groups is 1. The third-order valence-corrected chi connectivity index (χ3v) is 6.87. The fourth-order valence-electron chi connectivity index (χ4n) is 3.17. The lowest BCUT2D eigenvalue weighted by Gasteiger charge is -2.29. The first-order valence-electron chi connectivity index (χ1n) is 8.33. The van der Waals surface area contributed by atoms with Gasteiger partial charge in [-0.3, -0.25) is 9.89 Å². The second kappa shape index (κ2) is 6.81. The van der Waals surface area contributed by atoms with Crippen LogP contribution in [0.5, 0.6) is 0 Å². The van der Waals surface area contributed by atoms with E-state index < -0.39 is 0 Å². The summed E-state index contributed by atoms with van der Waals surface area (Å²) < 4.78 is 1.20. The fraction of sp³-hybridized carbons (Fsp3) is 0.556. The zero-order valence-corrected chi connectivity index (χ0v) is 15.7. The summed E-state index contributed by atoms with van der Waals surface area (Å²) in [6, 6.07) is 2.00. The summed E-state index contributed by atoms with van der Waals surface area (Å²) in [6.45, 7) is 6.60. The number of aromatic nitrogens is 2. The highest BCUT2D eigenvalue weighted by atomic mass is 32.2. The van der Waals surface area contributed by atoms with Crippen molar-refractivity contribution in [1.82, 2.24) is 10.2 Å². The molecule has 2 aromatic heterocycles. The first-order chi connectivity index (χ1) is 11.0. The van der Waals surface area contributed by atoms with Crippen molar-refractivity contribution in [3.05, 3.63) is 23.4 Å². The van der Waals surface area contributed by atoms with Crippen molar-refractivity contribution in [2.24, 2.45) is 5.41 Å². The van der Waals surface area contributed by atoms with Gasteiger partial charge in [0.1, 0.15) is 5.69 Å². The van der Waals surface area contributed by atoms with Crippen LogP contribution in [-0.2, 0) is 6.42 Å². The van der Waals surface area contributed by atoms with Gasteiger partial charge in [-0.15, -0.1) is 23.1 Å². The molecule has 0 fully saturated rings. The number of Topliss-reactive ketones (excluding diaryl/α,β-unsaturated/α-hetero) is 1. The molecule has 3 nitrogen and oxygen atoms in total. The number of hydrogen-bond acceptors (Lipinski definition) is 4. The lowest BCUT2D eigenvalue weighted by atomic mass is 9.74. The van der Waals surface area contributed by atoms with Gasteiger partial charge in [0.05, 0.1) is 9.09 Å². The predicted molar refractivity (Wildman–Crippen MR) is 98.6 cm³/mol. The highest BCUT2D eigenvalue weighted by Gasteiger charge is 2.36. The van der Waals surface area contributed by atoms with E-state index in [0.717, 1.165) is 23.4 Å². The molecule has 0 aromatic carbocycles. The van der Waals surface area contributed by atoms with Gasteiger partial charge in [-0.05, 0) is 35.6 Å².